The van der Waals surface area contributed by atoms with E-state index in [-0.39, 0.29) is 5.41 Å². The molecule has 2 heteroatoms. The molecule has 0 aromatic rings. The topological polar surface area (TPSA) is 20.3 Å². The molecule has 0 bridgehead atoms. The SMILES string of the molecule is CCCC1CCN(CC2CCCC(C)(C)C2=O)CC1. The van der Waals surface area contributed by atoms with Crippen LogP contribution in [0.5, 0.6) is 0 Å². The van der Waals surface area contributed by atoms with Crippen molar-refractivity contribution in [1.29, 1.82) is 0 Å². The molecule has 2 nitrogen and oxygen atoms in total. The van der Waals surface area contributed by atoms with Crippen LogP contribution in [0.3, 0.4) is 0 Å². The zero-order chi connectivity index (χ0) is 13.9. The van der Waals surface area contributed by atoms with E-state index < -0.39 is 0 Å². The fourth-order valence-electron chi connectivity index (χ4n) is 3.95. The van der Waals surface area contributed by atoms with Crippen LogP contribution in [-0.2, 0) is 4.79 Å². The number of rotatable bonds is 4. The maximum atomic E-state index is 12.5. The number of likely N-dealkylation sites (tertiary alicyclic amines) is 1. The Morgan fingerprint density at radius 2 is 1.89 bits per heavy atom. The van der Waals surface area contributed by atoms with Crippen LogP contribution >= 0.6 is 0 Å². The minimum atomic E-state index is -0.0660. The van der Waals surface area contributed by atoms with Gasteiger partial charge in [-0.3, -0.25) is 4.79 Å². The van der Waals surface area contributed by atoms with Crippen molar-refractivity contribution in [1.82, 2.24) is 4.90 Å². The molecule has 0 spiro atoms. The van der Waals surface area contributed by atoms with Crippen molar-refractivity contribution in [3.63, 3.8) is 0 Å². The predicted octanol–water partition coefficient (Wildman–Crippen LogP) is 3.89. The number of ketones is 1. The molecule has 1 unspecified atom stereocenters. The van der Waals surface area contributed by atoms with Gasteiger partial charge in [-0.1, -0.05) is 40.0 Å². The molecule has 1 aliphatic carbocycles. The zero-order valence-corrected chi connectivity index (χ0v) is 13.1. The number of nitrogens with zero attached hydrogens (tertiary/aromatic N) is 1. The molecule has 0 N–H and O–H groups in total. The zero-order valence-electron chi connectivity index (χ0n) is 13.1. The van der Waals surface area contributed by atoms with Gasteiger partial charge in [0.15, 0.2) is 0 Å². The summed E-state index contributed by atoms with van der Waals surface area (Å²) in [4.78, 5) is 15.0. The fraction of sp³-hybridized carbons (Fsp3) is 0.941. The van der Waals surface area contributed by atoms with Crippen LogP contribution in [0.4, 0.5) is 0 Å². The summed E-state index contributed by atoms with van der Waals surface area (Å²) < 4.78 is 0. The van der Waals surface area contributed by atoms with Crippen LogP contribution in [-0.4, -0.2) is 30.3 Å². The van der Waals surface area contributed by atoms with E-state index in [2.05, 4.69) is 25.7 Å². The van der Waals surface area contributed by atoms with E-state index in [0.29, 0.717) is 11.7 Å². The molecule has 0 aromatic carbocycles. The van der Waals surface area contributed by atoms with Crippen LogP contribution in [0, 0.1) is 17.3 Å². The first kappa shape index (κ1) is 15.0. The van der Waals surface area contributed by atoms with Gasteiger partial charge in [-0.05, 0) is 44.7 Å². The van der Waals surface area contributed by atoms with Gasteiger partial charge >= 0.3 is 0 Å². The second-order valence-corrected chi connectivity index (χ2v) is 7.37. The second kappa shape index (κ2) is 6.39. The van der Waals surface area contributed by atoms with E-state index in [9.17, 15) is 4.79 Å². The smallest absolute Gasteiger partial charge is 0.142 e. The first-order valence-electron chi connectivity index (χ1n) is 8.29. The summed E-state index contributed by atoms with van der Waals surface area (Å²) in [6, 6.07) is 0. The number of hydrogen-bond donors (Lipinski definition) is 0. The summed E-state index contributed by atoms with van der Waals surface area (Å²) >= 11 is 0. The Kier molecular flexibility index (Phi) is 5.05. The van der Waals surface area contributed by atoms with Gasteiger partial charge < -0.3 is 4.90 Å². The third-order valence-corrected chi connectivity index (χ3v) is 5.27. The van der Waals surface area contributed by atoms with E-state index >= 15 is 0 Å². The fourth-order valence-corrected chi connectivity index (χ4v) is 3.95. The average Bonchev–Trinajstić information content (AvgIpc) is 2.38. The number of hydrogen-bond acceptors (Lipinski definition) is 2. The molecule has 1 saturated heterocycles. The molecule has 2 rings (SSSR count). The summed E-state index contributed by atoms with van der Waals surface area (Å²) in [5, 5.41) is 0. The van der Waals surface area contributed by atoms with E-state index in [1.54, 1.807) is 0 Å². The average molecular weight is 265 g/mol. The summed E-state index contributed by atoms with van der Waals surface area (Å²) in [6.07, 6.45) is 8.84. The number of carbonyl (C=O) groups excluding carboxylic acids is 1. The highest BCUT2D eigenvalue weighted by molar-refractivity contribution is 5.87. The Labute approximate surface area is 118 Å². The lowest BCUT2D eigenvalue weighted by molar-refractivity contribution is -0.135. The monoisotopic (exact) mass is 265 g/mol. The van der Waals surface area contributed by atoms with E-state index in [1.165, 1.54) is 45.2 Å². The lowest BCUT2D eigenvalue weighted by atomic mass is 9.71. The Hall–Kier alpha value is -0.370. The molecule has 2 aliphatic rings. The van der Waals surface area contributed by atoms with E-state index in [1.807, 2.05) is 0 Å². The molecule has 2 fully saturated rings. The lowest BCUT2D eigenvalue weighted by Gasteiger charge is -2.38. The second-order valence-electron chi connectivity index (χ2n) is 7.37. The van der Waals surface area contributed by atoms with Gasteiger partial charge in [0.05, 0.1) is 0 Å². The summed E-state index contributed by atoms with van der Waals surface area (Å²) in [7, 11) is 0. The standard InChI is InChI=1S/C17H31NO/c1-4-6-14-8-11-18(12-9-14)13-15-7-5-10-17(2,3)16(15)19/h14-15H,4-13H2,1-3H3. The lowest BCUT2D eigenvalue weighted by Crippen LogP contribution is -2.44. The maximum absolute atomic E-state index is 12.5. The third-order valence-electron chi connectivity index (χ3n) is 5.27. The first-order chi connectivity index (χ1) is 9.03. The van der Waals surface area contributed by atoms with Crippen molar-refractivity contribution in [3.8, 4) is 0 Å². The molecule has 0 radical (unpaired) electrons. The van der Waals surface area contributed by atoms with Crippen molar-refractivity contribution in [2.24, 2.45) is 17.3 Å². The van der Waals surface area contributed by atoms with E-state index in [0.717, 1.165) is 25.3 Å². The largest absolute Gasteiger partial charge is 0.303 e. The molecule has 0 aromatic heterocycles. The van der Waals surface area contributed by atoms with Crippen molar-refractivity contribution in [2.75, 3.05) is 19.6 Å². The predicted molar refractivity (Wildman–Crippen MR) is 80.2 cm³/mol. The molecule has 1 heterocycles. The van der Waals surface area contributed by atoms with Crippen molar-refractivity contribution in [3.05, 3.63) is 0 Å². The number of Topliss-reactive ketones (excluding diaryl/α,β-unsaturated/α-hetero) is 1. The molecular weight excluding hydrogens is 234 g/mol. The highest BCUT2D eigenvalue weighted by atomic mass is 16.1. The minimum absolute atomic E-state index is 0.0660. The highest BCUT2D eigenvalue weighted by Gasteiger charge is 2.38. The van der Waals surface area contributed by atoms with Crippen molar-refractivity contribution < 1.29 is 4.79 Å². The van der Waals surface area contributed by atoms with Gasteiger partial charge in [0.1, 0.15) is 5.78 Å². The molecular formula is C17H31NO. The van der Waals surface area contributed by atoms with Gasteiger partial charge in [0.25, 0.3) is 0 Å². The van der Waals surface area contributed by atoms with Gasteiger partial charge in [-0.2, -0.15) is 0 Å². The molecule has 110 valence electrons. The maximum Gasteiger partial charge on any atom is 0.142 e. The molecule has 1 saturated carbocycles. The summed E-state index contributed by atoms with van der Waals surface area (Å²) in [5.74, 6) is 1.78. The number of carbonyl (C=O) groups is 1. The van der Waals surface area contributed by atoms with Crippen LogP contribution in [0.25, 0.3) is 0 Å². The van der Waals surface area contributed by atoms with Crippen molar-refractivity contribution >= 4 is 5.78 Å². The third kappa shape index (κ3) is 3.81. The van der Waals surface area contributed by atoms with E-state index in [4.69, 9.17) is 0 Å². The Morgan fingerprint density at radius 1 is 1.21 bits per heavy atom. The van der Waals surface area contributed by atoms with Gasteiger partial charge in [-0.15, -0.1) is 0 Å². The van der Waals surface area contributed by atoms with Crippen LogP contribution in [0.1, 0.15) is 65.7 Å². The molecule has 1 aliphatic heterocycles. The Balaban J connectivity index is 1.80. The van der Waals surface area contributed by atoms with Crippen LogP contribution in [0.2, 0.25) is 0 Å². The first-order valence-corrected chi connectivity index (χ1v) is 8.29. The normalized spacial score (nSPS) is 29.6. The number of piperidine rings is 1. The minimum Gasteiger partial charge on any atom is -0.303 e. The van der Waals surface area contributed by atoms with Gasteiger partial charge in [0, 0.05) is 17.9 Å². The molecule has 19 heavy (non-hydrogen) atoms. The van der Waals surface area contributed by atoms with Gasteiger partial charge in [-0.25, -0.2) is 0 Å². The molecule has 0 amide bonds. The molecule has 1 atom stereocenters. The van der Waals surface area contributed by atoms with Crippen LogP contribution < -0.4 is 0 Å². The van der Waals surface area contributed by atoms with Crippen molar-refractivity contribution in [2.45, 2.75) is 65.7 Å². The summed E-state index contributed by atoms with van der Waals surface area (Å²) in [6.45, 7) is 10.0. The Morgan fingerprint density at radius 3 is 2.53 bits per heavy atom. The van der Waals surface area contributed by atoms with Gasteiger partial charge in [0.2, 0.25) is 0 Å². The quantitative estimate of drug-likeness (QED) is 0.768. The highest BCUT2D eigenvalue weighted by Crippen LogP contribution is 2.36. The Bertz CT molecular complexity index is 302. The summed E-state index contributed by atoms with van der Waals surface area (Å²) in [5.41, 5.74) is -0.0660. The van der Waals surface area contributed by atoms with Crippen LogP contribution in [0.15, 0.2) is 0 Å².